The van der Waals surface area contributed by atoms with Crippen molar-refractivity contribution in [2.45, 2.75) is 59.2 Å². The van der Waals surface area contributed by atoms with E-state index in [-0.39, 0.29) is 11.7 Å². The van der Waals surface area contributed by atoms with E-state index in [1.165, 1.54) is 0 Å². The minimum absolute atomic E-state index is 0.0228. The molecule has 32 heavy (non-hydrogen) atoms. The Balaban J connectivity index is 1.65. The van der Waals surface area contributed by atoms with Crippen LogP contribution in [0.3, 0.4) is 0 Å². The van der Waals surface area contributed by atoms with Gasteiger partial charge in [0, 0.05) is 16.7 Å². The van der Waals surface area contributed by atoms with Crippen molar-refractivity contribution >= 4 is 5.71 Å². The molecule has 0 radical (unpaired) electrons. The Morgan fingerprint density at radius 1 is 1.12 bits per heavy atom. The lowest BCUT2D eigenvalue weighted by Gasteiger charge is -2.16. The second kappa shape index (κ2) is 8.46. The van der Waals surface area contributed by atoms with Crippen LogP contribution in [0.1, 0.15) is 57.7 Å². The van der Waals surface area contributed by atoms with Crippen molar-refractivity contribution in [1.82, 2.24) is 10.1 Å². The predicted octanol–water partition coefficient (Wildman–Crippen LogP) is 5.53. The molecule has 1 aromatic heterocycles. The van der Waals surface area contributed by atoms with E-state index in [1.54, 1.807) is 12.1 Å². The van der Waals surface area contributed by atoms with Crippen molar-refractivity contribution in [3.8, 4) is 34.7 Å². The third-order valence-corrected chi connectivity index (χ3v) is 4.90. The van der Waals surface area contributed by atoms with Gasteiger partial charge in [0.2, 0.25) is 5.82 Å². The molecule has 0 N–H and O–H groups in total. The molecule has 0 amide bonds. The average molecular weight is 431 g/mol. The largest absolute Gasteiger partial charge is 0.490 e. The topological polar surface area (TPSA) is 93.5 Å². The first-order valence-corrected chi connectivity index (χ1v) is 10.7. The fraction of sp³-hybridized carbons (Fsp3) is 0.360. The maximum absolute atomic E-state index is 9.49. The smallest absolute Gasteiger partial charge is 0.258 e. The van der Waals surface area contributed by atoms with Gasteiger partial charge in [-0.2, -0.15) is 10.2 Å². The normalized spacial score (nSPS) is 14.5. The zero-order chi connectivity index (χ0) is 22.9. The zero-order valence-corrected chi connectivity index (χ0v) is 19.0. The molecule has 0 atom stereocenters. The lowest BCUT2D eigenvalue weighted by Crippen LogP contribution is -2.16. The quantitative estimate of drug-likeness (QED) is 0.494. The third kappa shape index (κ3) is 4.50. The maximum Gasteiger partial charge on any atom is 0.258 e. The van der Waals surface area contributed by atoms with E-state index in [1.807, 2.05) is 58.9 Å². The van der Waals surface area contributed by atoms with Crippen molar-refractivity contribution < 1.29 is 14.1 Å². The van der Waals surface area contributed by atoms with Gasteiger partial charge in [-0.1, -0.05) is 28.5 Å². The minimum Gasteiger partial charge on any atom is -0.490 e. The van der Waals surface area contributed by atoms with E-state index in [0.29, 0.717) is 28.6 Å². The van der Waals surface area contributed by atoms with Crippen LogP contribution >= 0.6 is 0 Å². The van der Waals surface area contributed by atoms with Crippen LogP contribution < -0.4 is 4.74 Å². The van der Waals surface area contributed by atoms with Crippen molar-refractivity contribution in [3.05, 3.63) is 53.1 Å². The van der Waals surface area contributed by atoms with Crippen LogP contribution in [0, 0.1) is 11.3 Å². The van der Waals surface area contributed by atoms with E-state index in [9.17, 15) is 5.26 Å². The molecule has 164 valence electrons. The van der Waals surface area contributed by atoms with Crippen molar-refractivity contribution in [1.29, 1.82) is 5.26 Å². The summed E-state index contributed by atoms with van der Waals surface area (Å²) in [6, 6.07) is 13.5. The Morgan fingerprint density at radius 3 is 2.62 bits per heavy atom. The van der Waals surface area contributed by atoms with Crippen molar-refractivity contribution in [3.63, 3.8) is 0 Å². The number of oxime groups is 1. The molecule has 4 rings (SSSR count). The number of ether oxygens (including phenoxy) is 1. The third-order valence-electron chi connectivity index (χ3n) is 4.90. The number of nitriles is 1. The lowest BCUT2D eigenvalue weighted by molar-refractivity contribution is 0.000799. The molecule has 0 unspecified atom stereocenters. The van der Waals surface area contributed by atoms with Crippen LogP contribution in [0.25, 0.3) is 22.8 Å². The molecule has 1 aliphatic carbocycles. The highest BCUT2D eigenvalue weighted by Crippen LogP contribution is 2.33. The fourth-order valence-electron chi connectivity index (χ4n) is 3.56. The number of hydrogen-bond donors (Lipinski definition) is 0. The van der Waals surface area contributed by atoms with Gasteiger partial charge in [-0.3, -0.25) is 0 Å². The first-order valence-electron chi connectivity index (χ1n) is 10.7. The Bertz CT molecular complexity index is 1210. The predicted molar refractivity (Wildman–Crippen MR) is 121 cm³/mol. The van der Waals surface area contributed by atoms with Gasteiger partial charge >= 0.3 is 0 Å². The molecule has 7 heteroatoms. The summed E-state index contributed by atoms with van der Waals surface area (Å²) in [6.07, 6.45) is 1.61. The number of benzene rings is 2. The molecule has 7 nitrogen and oxygen atoms in total. The van der Waals surface area contributed by atoms with Crippen molar-refractivity contribution in [2.24, 2.45) is 5.16 Å². The maximum atomic E-state index is 9.49. The number of rotatable bonds is 5. The summed E-state index contributed by atoms with van der Waals surface area (Å²) in [6.45, 7) is 9.77. The molecule has 1 heterocycles. The molecule has 3 aromatic rings. The summed E-state index contributed by atoms with van der Waals surface area (Å²) < 4.78 is 11.2. The molecule has 0 saturated heterocycles. The number of hydrogen-bond acceptors (Lipinski definition) is 7. The SMILES string of the molecule is CC(C)Oc1ccc(-c2nc(-c3cccc4c3CC/C4=N/OC(C)(C)C)no2)cc1C#N. The van der Waals surface area contributed by atoms with Gasteiger partial charge in [-0.25, -0.2) is 0 Å². The molecule has 2 aromatic carbocycles. The summed E-state index contributed by atoms with van der Waals surface area (Å²) in [5, 5.41) is 18.1. The summed E-state index contributed by atoms with van der Waals surface area (Å²) in [5.41, 5.74) is 4.79. The Morgan fingerprint density at radius 2 is 1.91 bits per heavy atom. The highest BCUT2D eigenvalue weighted by Gasteiger charge is 2.25. The highest BCUT2D eigenvalue weighted by molar-refractivity contribution is 6.05. The van der Waals surface area contributed by atoms with Crippen LogP contribution in [0.2, 0.25) is 0 Å². The van der Waals surface area contributed by atoms with Crippen LogP contribution in [-0.4, -0.2) is 27.6 Å². The Kier molecular flexibility index (Phi) is 5.70. The highest BCUT2D eigenvalue weighted by atomic mass is 16.6. The molecule has 1 aliphatic rings. The second-order valence-corrected chi connectivity index (χ2v) is 8.99. The molecular weight excluding hydrogens is 404 g/mol. The van der Waals surface area contributed by atoms with Gasteiger partial charge in [-0.05, 0) is 71.2 Å². The molecule has 0 bridgehead atoms. The van der Waals surface area contributed by atoms with E-state index in [4.69, 9.17) is 14.1 Å². The van der Waals surface area contributed by atoms with Gasteiger partial charge < -0.3 is 14.1 Å². The van der Waals surface area contributed by atoms with Gasteiger partial charge in [0.1, 0.15) is 17.4 Å². The van der Waals surface area contributed by atoms with Crippen molar-refractivity contribution in [2.75, 3.05) is 0 Å². The summed E-state index contributed by atoms with van der Waals surface area (Å²) >= 11 is 0. The van der Waals surface area contributed by atoms with E-state index in [2.05, 4.69) is 21.4 Å². The zero-order valence-electron chi connectivity index (χ0n) is 19.0. The molecular formula is C25H26N4O3. The van der Waals surface area contributed by atoms with Gasteiger partial charge in [0.25, 0.3) is 5.89 Å². The van der Waals surface area contributed by atoms with Gasteiger partial charge in [0.05, 0.1) is 17.4 Å². The monoisotopic (exact) mass is 430 g/mol. The van der Waals surface area contributed by atoms with E-state index in [0.717, 1.165) is 35.2 Å². The number of fused-ring (bicyclic) bond motifs is 1. The number of nitrogens with zero attached hydrogens (tertiary/aromatic N) is 4. The first kappa shape index (κ1) is 21.6. The molecule has 0 fully saturated rings. The molecule has 0 aliphatic heterocycles. The summed E-state index contributed by atoms with van der Waals surface area (Å²) in [4.78, 5) is 10.2. The first-order chi connectivity index (χ1) is 15.2. The Labute approximate surface area is 187 Å². The summed E-state index contributed by atoms with van der Waals surface area (Å²) in [5.74, 6) is 1.40. The van der Waals surface area contributed by atoms with Gasteiger partial charge in [-0.15, -0.1) is 0 Å². The van der Waals surface area contributed by atoms with Gasteiger partial charge in [0.15, 0.2) is 0 Å². The number of aromatic nitrogens is 2. The molecule has 0 saturated carbocycles. The van der Waals surface area contributed by atoms with E-state index < -0.39 is 0 Å². The van der Waals surface area contributed by atoms with Crippen LogP contribution in [0.4, 0.5) is 0 Å². The van der Waals surface area contributed by atoms with Crippen LogP contribution in [-0.2, 0) is 11.3 Å². The van der Waals surface area contributed by atoms with E-state index >= 15 is 0 Å². The lowest BCUT2D eigenvalue weighted by atomic mass is 10.0. The molecule has 0 spiro atoms. The van der Waals surface area contributed by atoms with Crippen LogP contribution in [0.5, 0.6) is 5.75 Å². The fourth-order valence-corrected chi connectivity index (χ4v) is 3.56. The Hall–Kier alpha value is -3.66. The standard InChI is InChI=1S/C25H26N4O3/c1-15(2)30-22-12-9-16(13-17(22)14-26)24-27-23(29-31-24)20-8-6-7-19-18(20)10-11-21(19)28-32-25(3,4)5/h6-9,12-13,15H,10-11H2,1-5H3/b28-21-. The average Bonchev–Trinajstić information content (AvgIpc) is 3.39. The van der Waals surface area contributed by atoms with Crippen LogP contribution in [0.15, 0.2) is 46.1 Å². The minimum atomic E-state index is -0.339. The second-order valence-electron chi connectivity index (χ2n) is 8.99. The summed E-state index contributed by atoms with van der Waals surface area (Å²) in [7, 11) is 0.